The highest BCUT2D eigenvalue weighted by Gasteiger charge is 2.41. The van der Waals surface area contributed by atoms with Crippen LogP contribution in [-0.4, -0.2) is 0 Å². The number of hydrogen-bond donors (Lipinski definition) is 0. The Hall–Kier alpha value is -0.830. The Bertz CT molecular complexity index is 621. The third-order valence-electron chi connectivity index (χ3n) is 4.58. The van der Waals surface area contributed by atoms with Crippen LogP contribution in [0.5, 0.6) is 0 Å². The van der Waals surface area contributed by atoms with Gasteiger partial charge in [0.1, 0.15) is 0 Å². The molecule has 0 aliphatic heterocycles. The third kappa shape index (κ3) is 2.02. The molecule has 2 aromatic rings. The maximum Gasteiger partial charge on any atom is 0.0215 e. The average molecular weight is 376 g/mol. The first-order valence-electron chi connectivity index (χ1n) is 7.63. The van der Waals surface area contributed by atoms with Crippen LogP contribution in [0, 0.1) is 3.57 Å². The molecule has 1 heteroatoms. The standard InChI is InChI=1S/C19H21I/c1-3-11-19(12-4-2)17-8-6-5-7-15(17)16-10-9-14(20)13-18(16)19/h5-10,13H,3-4,11-12H2,1-2H3. The van der Waals surface area contributed by atoms with Crippen molar-refractivity contribution >= 4 is 22.6 Å². The fourth-order valence-corrected chi connectivity index (χ4v) is 4.44. The summed E-state index contributed by atoms with van der Waals surface area (Å²) in [4.78, 5) is 0. The van der Waals surface area contributed by atoms with E-state index in [1.54, 1.807) is 11.1 Å². The highest BCUT2D eigenvalue weighted by atomic mass is 127. The molecule has 0 unspecified atom stereocenters. The fraction of sp³-hybridized carbons (Fsp3) is 0.368. The maximum absolute atomic E-state index is 2.45. The summed E-state index contributed by atoms with van der Waals surface area (Å²) in [6, 6.07) is 16.0. The molecule has 0 radical (unpaired) electrons. The van der Waals surface area contributed by atoms with Crippen LogP contribution >= 0.6 is 22.6 Å². The molecule has 1 aliphatic rings. The molecule has 0 aromatic heterocycles. The second-order valence-electron chi connectivity index (χ2n) is 5.82. The minimum absolute atomic E-state index is 0.247. The van der Waals surface area contributed by atoms with E-state index >= 15 is 0 Å². The number of benzene rings is 2. The van der Waals surface area contributed by atoms with Gasteiger partial charge in [0.15, 0.2) is 0 Å². The molecule has 104 valence electrons. The van der Waals surface area contributed by atoms with E-state index in [2.05, 4.69) is 78.9 Å². The van der Waals surface area contributed by atoms with Crippen molar-refractivity contribution in [2.24, 2.45) is 0 Å². The minimum atomic E-state index is 0.247. The summed E-state index contributed by atoms with van der Waals surface area (Å²) >= 11 is 2.45. The minimum Gasteiger partial charge on any atom is -0.0653 e. The highest BCUT2D eigenvalue weighted by Crippen LogP contribution is 2.53. The first-order chi connectivity index (χ1) is 9.73. The summed E-state index contributed by atoms with van der Waals surface area (Å²) in [5, 5.41) is 0. The molecule has 0 spiro atoms. The average Bonchev–Trinajstić information content (AvgIpc) is 2.71. The van der Waals surface area contributed by atoms with Gasteiger partial charge in [-0.25, -0.2) is 0 Å². The summed E-state index contributed by atoms with van der Waals surface area (Å²) in [6.07, 6.45) is 4.98. The van der Waals surface area contributed by atoms with Crippen molar-refractivity contribution in [3.63, 3.8) is 0 Å². The van der Waals surface area contributed by atoms with Crippen LogP contribution in [0.2, 0.25) is 0 Å². The Morgan fingerprint density at radius 2 is 1.50 bits per heavy atom. The van der Waals surface area contributed by atoms with Crippen LogP contribution in [0.25, 0.3) is 11.1 Å². The van der Waals surface area contributed by atoms with E-state index < -0.39 is 0 Å². The molecule has 0 bridgehead atoms. The van der Waals surface area contributed by atoms with Gasteiger partial charge < -0.3 is 0 Å². The predicted molar refractivity (Wildman–Crippen MR) is 95.2 cm³/mol. The van der Waals surface area contributed by atoms with Gasteiger partial charge in [-0.1, -0.05) is 57.0 Å². The zero-order valence-corrected chi connectivity index (χ0v) is 14.4. The van der Waals surface area contributed by atoms with Gasteiger partial charge in [0.2, 0.25) is 0 Å². The van der Waals surface area contributed by atoms with E-state index in [9.17, 15) is 0 Å². The molecule has 0 nitrogen and oxygen atoms in total. The maximum atomic E-state index is 2.45. The van der Waals surface area contributed by atoms with Crippen molar-refractivity contribution in [3.8, 4) is 11.1 Å². The smallest absolute Gasteiger partial charge is 0.0215 e. The molecule has 0 amide bonds. The third-order valence-corrected chi connectivity index (χ3v) is 5.25. The second kappa shape index (κ2) is 5.51. The van der Waals surface area contributed by atoms with Crippen molar-refractivity contribution < 1.29 is 0 Å². The van der Waals surface area contributed by atoms with Gasteiger partial charge in [0.05, 0.1) is 0 Å². The molecule has 0 heterocycles. The van der Waals surface area contributed by atoms with E-state index in [-0.39, 0.29) is 5.41 Å². The van der Waals surface area contributed by atoms with Gasteiger partial charge in [-0.15, -0.1) is 0 Å². The number of fused-ring (bicyclic) bond motifs is 3. The molecule has 0 saturated heterocycles. The van der Waals surface area contributed by atoms with E-state index in [1.807, 2.05) is 0 Å². The van der Waals surface area contributed by atoms with Gasteiger partial charge in [-0.3, -0.25) is 0 Å². The molecule has 0 N–H and O–H groups in total. The lowest BCUT2D eigenvalue weighted by Gasteiger charge is -2.32. The van der Waals surface area contributed by atoms with Crippen molar-refractivity contribution in [3.05, 3.63) is 57.2 Å². The number of halogens is 1. The molecule has 0 saturated carbocycles. The first kappa shape index (κ1) is 14.1. The molecular weight excluding hydrogens is 355 g/mol. The Balaban J connectivity index is 2.30. The lowest BCUT2D eigenvalue weighted by molar-refractivity contribution is 0.435. The lowest BCUT2D eigenvalue weighted by atomic mass is 9.71. The summed E-state index contributed by atoms with van der Waals surface area (Å²) in [7, 11) is 0. The zero-order chi connectivity index (χ0) is 14.2. The molecular formula is C19H21I. The van der Waals surface area contributed by atoms with Gasteiger partial charge in [0, 0.05) is 8.99 Å². The topological polar surface area (TPSA) is 0 Å². The molecule has 3 rings (SSSR count). The van der Waals surface area contributed by atoms with Crippen LogP contribution in [-0.2, 0) is 5.41 Å². The van der Waals surface area contributed by atoms with Crippen LogP contribution in [0.4, 0.5) is 0 Å². The molecule has 2 aromatic carbocycles. The first-order valence-corrected chi connectivity index (χ1v) is 8.70. The lowest BCUT2D eigenvalue weighted by Crippen LogP contribution is -2.25. The number of rotatable bonds is 4. The predicted octanol–water partition coefficient (Wildman–Crippen LogP) is 6.16. The highest BCUT2D eigenvalue weighted by molar-refractivity contribution is 14.1. The number of hydrogen-bond acceptors (Lipinski definition) is 0. The summed E-state index contributed by atoms with van der Waals surface area (Å²) in [5.41, 5.74) is 6.29. The Labute approximate surface area is 135 Å². The Kier molecular flexibility index (Phi) is 3.89. The van der Waals surface area contributed by atoms with E-state index in [0.717, 1.165) is 0 Å². The summed E-state index contributed by atoms with van der Waals surface area (Å²) in [5.74, 6) is 0. The monoisotopic (exact) mass is 376 g/mol. The van der Waals surface area contributed by atoms with Crippen molar-refractivity contribution in [1.29, 1.82) is 0 Å². The van der Waals surface area contributed by atoms with E-state index in [4.69, 9.17) is 0 Å². The largest absolute Gasteiger partial charge is 0.0653 e. The van der Waals surface area contributed by atoms with E-state index in [1.165, 1.54) is 40.4 Å². The van der Waals surface area contributed by atoms with Crippen molar-refractivity contribution in [2.75, 3.05) is 0 Å². The molecule has 20 heavy (non-hydrogen) atoms. The normalized spacial score (nSPS) is 14.9. The van der Waals surface area contributed by atoms with Crippen molar-refractivity contribution in [1.82, 2.24) is 0 Å². The van der Waals surface area contributed by atoms with Gasteiger partial charge >= 0.3 is 0 Å². The molecule has 1 aliphatic carbocycles. The Morgan fingerprint density at radius 3 is 2.20 bits per heavy atom. The second-order valence-corrected chi connectivity index (χ2v) is 7.06. The van der Waals surface area contributed by atoms with Crippen LogP contribution < -0.4 is 0 Å². The van der Waals surface area contributed by atoms with E-state index in [0.29, 0.717) is 0 Å². The summed E-state index contributed by atoms with van der Waals surface area (Å²) in [6.45, 7) is 4.62. The molecule has 0 atom stereocenters. The Morgan fingerprint density at radius 1 is 0.850 bits per heavy atom. The van der Waals surface area contributed by atoms with Crippen LogP contribution in [0.1, 0.15) is 50.7 Å². The van der Waals surface area contributed by atoms with Gasteiger partial charge in [-0.2, -0.15) is 0 Å². The van der Waals surface area contributed by atoms with Crippen LogP contribution in [0.15, 0.2) is 42.5 Å². The van der Waals surface area contributed by atoms with Crippen molar-refractivity contribution in [2.45, 2.75) is 44.9 Å². The summed E-state index contributed by atoms with van der Waals surface area (Å²) < 4.78 is 1.35. The quantitative estimate of drug-likeness (QED) is 0.561. The fourth-order valence-electron chi connectivity index (χ4n) is 3.94. The SMILES string of the molecule is CCCC1(CCC)c2ccccc2-c2ccc(I)cc21. The van der Waals surface area contributed by atoms with Crippen LogP contribution in [0.3, 0.4) is 0 Å². The molecule has 0 fully saturated rings. The van der Waals surface area contributed by atoms with Gasteiger partial charge in [0.25, 0.3) is 0 Å². The zero-order valence-electron chi connectivity index (χ0n) is 12.2. The van der Waals surface area contributed by atoms with Gasteiger partial charge in [-0.05, 0) is 69.8 Å².